The number of thioether (sulfide) groups is 1. The normalized spacial score (nSPS) is 22.3. The van der Waals surface area contributed by atoms with Crippen molar-refractivity contribution in [3.63, 3.8) is 0 Å². The van der Waals surface area contributed by atoms with Crippen molar-refractivity contribution >= 4 is 87.0 Å². The second-order valence-corrected chi connectivity index (χ2v) is 13.2. The van der Waals surface area contributed by atoms with Crippen LogP contribution in [0.4, 0.5) is 9.93 Å². The smallest absolute Gasteiger partial charge is 0.347 e. The van der Waals surface area contributed by atoms with Crippen LogP contribution in [-0.2, 0) is 28.8 Å². The van der Waals surface area contributed by atoms with E-state index in [0.717, 1.165) is 33.3 Å². The number of phenols is 2. The number of aromatic hydroxyl groups is 2. The van der Waals surface area contributed by atoms with E-state index in [1.54, 1.807) is 0 Å². The van der Waals surface area contributed by atoms with Crippen LogP contribution in [-0.4, -0.2) is 129 Å². The second kappa shape index (κ2) is 13.3. The van der Waals surface area contributed by atoms with Crippen molar-refractivity contribution in [1.82, 2.24) is 30.5 Å². The van der Waals surface area contributed by atoms with Gasteiger partial charge < -0.3 is 41.2 Å². The van der Waals surface area contributed by atoms with Crippen LogP contribution < -0.4 is 16.5 Å². The van der Waals surface area contributed by atoms with Gasteiger partial charge in [-0.25, -0.2) is 24.4 Å². The van der Waals surface area contributed by atoms with Crippen molar-refractivity contribution in [3.05, 3.63) is 33.8 Å². The van der Waals surface area contributed by atoms with E-state index in [2.05, 4.69) is 20.9 Å². The summed E-state index contributed by atoms with van der Waals surface area (Å²) < 4.78 is 0. The number of hydrogen-bond acceptors (Lipinski definition) is 15. The Kier molecular flexibility index (Phi) is 9.48. The molecular weight excluding hydrogens is 716 g/mol. The molecule has 8 N–H and O–H groups in total. The zero-order valence-electron chi connectivity index (χ0n) is 24.9. The van der Waals surface area contributed by atoms with Crippen LogP contribution in [0.2, 0.25) is 5.02 Å². The number of phenolic OH excluding ortho intramolecular Hbond substituents is 2. The summed E-state index contributed by atoms with van der Waals surface area (Å²) in [6, 6.07) is -0.424. The first-order chi connectivity index (χ1) is 23.1. The molecule has 2 aromatic rings. The molecule has 3 aliphatic heterocycles. The van der Waals surface area contributed by atoms with E-state index in [1.165, 1.54) is 12.3 Å². The molecule has 4 atom stereocenters. The predicted molar refractivity (Wildman–Crippen MR) is 167 cm³/mol. The van der Waals surface area contributed by atoms with Crippen LogP contribution in [0.15, 0.2) is 22.7 Å². The lowest BCUT2D eigenvalue weighted by atomic mass is 10.1. The van der Waals surface area contributed by atoms with Crippen molar-refractivity contribution in [3.8, 4) is 11.5 Å². The summed E-state index contributed by atoms with van der Waals surface area (Å²) in [6.45, 7) is 0.481. The zero-order chi connectivity index (χ0) is 35.9. The van der Waals surface area contributed by atoms with E-state index >= 15 is 0 Å². The molecule has 0 saturated carbocycles. The third-order valence-electron chi connectivity index (χ3n) is 7.59. The standard InChI is InChI=1S/C26H25ClN8O12S2/c1-2-12(22(42)43)47-32-14(10-7-48-24(28)29-10)18(39)30-15-20(41)33-8-26(23(44)45,49-21(15)33)34-5-6-35(25(34)46)31-19(40)16(37)9-3-4-11(36)17(38)13(9)27/h3-4,7,12,15,21,36,38H,2,5-6,8H2,1H3,(H2,28,29)(H,30,39)(H,31,40)(H,42,43)(H,44,45)/b32-14-/t12-,15+,21+,26+/m0/s1. The molecule has 3 aliphatic rings. The number of carbonyl (C=O) groups is 7. The Hall–Kier alpha value is -5.35. The summed E-state index contributed by atoms with van der Waals surface area (Å²) >= 11 is 7.49. The Morgan fingerprint density at radius 2 is 1.90 bits per heavy atom. The molecular formula is C26H25ClN8O12S2. The minimum absolute atomic E-state index is 0.00293. The van der Waals surface area contributed by atoms with Gasteiger partial charge in [0.15, 0.2) is 22.3 Å². The van der Waals surface area contributed by atoms with Gasteiger partial charge >= 0.3 is 23.9 Å². The van der Waals surface area contributed by atoms with Gasteiger partial charge in [-0.15, -0.1) is 11.3 Å². The number of Topliss-reactive ketones (excluding diaryl/α,β-unsaturated/α-hetero) is 1. The minimum atomic E-state index is -2.08. The van der Waals surface area contributed by atoms with Crippen LogP contribution in [0.1, 0.15) is 29.4 Å². The number of nitrogens with zero attached hydrogens (tertiary/aromatic N) is 5. The Morgan fingerprint density at radius 1 is 1.18 bits per heavy atom. The molecule has 0 aliphatic carbocycles. The Morgan fingerprint density at radius 3 is 2.51 bits per heavy atom. The lowest BCUT2D eigenvalue weighted by Crippen LogP contribution is -2.68. The number of rotatable bonds is 12. The van der Waals surface area contributed by atoms with Crippen molar-refractivity contribution in [2.75, 3.05) is 25.4 Å². The summed E-state index contributed by atoms with van der Waals surface area (Å²) in [5, 5.41) is 45.5. The first kappa shape index (κ1) is 35.0. The van der Waals surface area contributed by atoms with Gasteiger partial charge in [0.1, 0.15) is 17.1 Å². The summed E-state index contributed by atoms with van der Waals surface area (Å²) in [6.07, 6.45) is -1.40. The number of amides is 5. The SMILES string of the molecule is CC[C@H](O/N=C(\C(=O)N[C@@H]1C(=O)N2C[C@@](C(=O)O)(N3CCN(NC(=O)C(=O)c4ccc(O)c(O)c4Cl)C3=O)S[C@H]12)c1csc(N)n1)C(=O)O. The van der Waals surface area contributed by atoms with Crippen LogP contribution in [0.3, 0.4) is 0 Å². The summed E-state index contributed by atoms with van der Waals surface area (Å²) in [5.74, 6) is -8.67. The third kappa shape index (κ3) is 6.20. The van der Waals surface area contributed by atoms with E-state index in [9.17, 15) is 54.0 Å². The van der Waals surface area contributed by atoms with E-state index in [4.69, 9.17) is 22.2 Å². The van der Waals surface area contributed by atoms with E-state index < -0.39 is 98.2 Å². The largest absolute Gasteiger partial charge is 0.504 e. The summed E-state index contributed by atoms with van der Waals surface area (Å²) in [4.78, 5) is 98.2. The maximum Gasteiger partial charge on any atom is 0.347 e. The fraction of sp³-hybridized carbons (Fsp3) is 0.346. The van der Waals surface area contributed by atoms with Crippen LogP contribution in [0, 0.1) is 0 Å². The minimum Gasteiger partial charge on any atom is -0.504 e. The van der Waals surface area contributed by atoms with E-state index in [1.807, 2.05) is 0 Å². The van der Waals surface area contributed by atoms with Crippen molar-refractivity contribution in [2.24, 2.45) is 5.16 Å². The highest BCUT2D eigenvalue weighted by molar-refractivity contribution is 8.02. The maximum absolute atomic E-state index is 13.4. The summed E-state index contributed by atoms with van der Waals surface area (Å²) in [7, 11) is 0. The Bertz CT molecular complexity index is 1820. The van der Waals surface area contributed by atoms with E-state index in [0.29, 0.717) is 16.8 Å². The first-order valence-electron chi connectivity index (χ1n) is 14.0. The number of nitrogens with one attached hydrogen (secondary N) is 2. The molecule has 260 valence electrons. The number of hydrogen-bond donors (Lipinski definition) is 7. The van der Waals surface area contributed by atoms with Gasteiger partial charge in [0.05, 0.1) is 23.7 Å². The Labute approximate surface area is 287 Å². The predicted octanol–water partition coefficient (Wildman–Crippen LogP) is -0.794. The molecule has 5 rings (SSSR count). The number of urea groups is 1. The lowest BCUT2D eigenvalue weighted by Gasteiger charge is -2.41. The van der Waals surface area contributed by atoms with Crippen molar-refractivity contribution in [1.29, 1.82) is 0 Å². The molecule has 0 spiro atoms. The zero-order valence-corrected chi connectivity index (χ0v) is 27.2. The van der Waals surface area contributed by atoms with Gasteiger partial charge in [-0.3, -0.25) is 29.5 Å². The van der Waals surface area contributed by atoms with Crippen LogP contribution in [0.25, 0.3) is 0 Å². The van der Waals surface area contributed by atoms with Crippen LogP contribution >= 0.6 is 34.7 Å². The van der Waals surface area contributed by atoms with Gasteiger partial charge in [0.25, 0.3) is 11.7 Å². The lowest BCUT2D eigenvalue weighted by molar-refractivity contribution is -0.151. The highest BCUT2D eigenvalue weighted by atomic mass is 35.5. The number of fused-ring (bicyclic) bond motifs is 1. The number of thiazole rings is 1. The number of aliphatic carboxylic acids is 2. The van der Waals surface area contributed by atoms with Crippen molar-refractivity contribution in [2.45, 2.75) is 35.7 Å². The number of β-lactam (4-membered cyclic amide) rings is 1. The number of ketones is 1. The molecule has 3 fully saturated rings. The summed E-state index contributed by atoms with van der Waals surface area (Å²) in [5.41, 5.74) is 6.70. The number of oxime groups is 1. The van der Waals surface area contributed by atoms with Gasteiger partial charge in [-0.1, -0.05) is 35.4 Å². The Balaban J connectivity index is 1.30. The molecule has 0 unspecified atom stereocenters. The second-order valence-electron chi connectivity index (χ2n) is 10.5. The number of benzene rings is 1. The number of anilines is 1. The maximum atomic E-state index is 13.4. The molecule has 4 heterocycles. The molecule has 20 nitrogen and oxygen atoms in total. The van der Waals surface area contributed by atoms with Crippen LogP contribution in [0.5, 0.6) is 11.5 Å². The molecule has 0 bridgehead atoms. The number of nitrogens with two attached hydrogens (primary N) is 1. The highest BCUT2D eigenvalue weighted by Gasteiger charge is 2.66. The molecule has 1 aromatic heterocycles. The third-order valence-corrected chi connectivity index (χ3v) is 10.3. The van der Waals surface area contributed by atoms with Gasteiger partial charge in [-0.2, -0.15) is 0 Å². The number of carboxylic acids is 2. The molecule has 5 amide bonds. The number of carbonyl (C=O) groups excluding carboxylic acids is 5. The van der Waals surface area contributed by atoms with Gasteiger partial charge in [-0.05, 0) is 18.6 Å². The average Bonchev–Trinajstić information content (AvgIpc) is 3.76. The number of halogens is 1. The monoisotopic (exact) mass is 740 g/mol. The average molecular weight is 741 g/mol. The molecule has 49 heavy (non-hydrogen) atoms. The highest BCUT2D eigenvalue weighted by Crippen LogP contribution is 2.49. The topological polar surface area (TPSA) is 295 Å². The fourth-order valence-corrected chi connectivity index (χ4v) is 7.46. The van der Waals surface area contributed by atoms with E-state index in [-0.39, 0.29) is 30.3 Å². The number of carboxylic acid groups (broad SMARTS) is 2. The van der Waals surface area contributed by atoms with Gasteiger partial charge in [0.2, 0.25) is 16.9 Å². The number of hydrazine groups is 1. The molecule has 3 saturated heterocycles. The van der Waals surface area contributed by atoms with Gasteiger partial charge in [0, 0.05) is 11.9 Å². The molecule has 23 heteroatoms. The molecule has 1 aromatic carbocycles. The molecule has 0 radical (unpaired) electrons. The number of nitrogen functional groups attached to an aromatic ring is 1. The fourth-order valence-electron chi connectivity index (χ4n) is 5.03. The van der Waals surface area contributed by atoms with Crippen molar-refractivity contribution < 1.29 is 58.8 Å². The quantitative estimate of drug-likeness (QED) is 0.0350. The number of aromatic nitrogens is 1. The first-order valence-corrected chi connectivity index (χ1v) is 16.1.